The summed E-state index contributed by atoms with van der Waals surface area (Å²) in [4.78, 5) is 19.3. The van der Waals surface area contributed by atoms with Crippen LogP contribution in [-0.2, 0) is 11.3 Å². The molecule has 0 unspecified atom stereocenters. The number of carbonyl (C=O) groups excluding carboxylic acids is 1. The lowest BCUT2D eigenvalue weighted by molar-refractivity contribution is -0.139. The summed E-state index contributed by atoms with van der Waals surface area (Å²) in [6, 6.07) is 0. The van der Waals surface area contributed by atoms with Crippen LogP contribution in [0.4, 0.5) is 0 Å². The summed E-state index contributed by atoms with van der Waals surface area (Å²) in [7, 11) is 0. The van der Waals surface area contributed by atoms with Crippen LogP contribution in [-0.4, -0.2) is 39.6 Å². The van der Waals surface area contributed by atoms with Gasteiger partial charge in [-0.25, -0.2) is 0 Å². The molecule has 130 valence electrons. The van der Waals surface area contributed by atoms with Crippen molar-refractivity contribution in [3.63, 3.8) is 0 Å². The van der Waals surface area contributed by atoms with Gasteiger partial charge in [-0.1, -0.05) is 38.3 Å². The van der Waals surface area contributed by atoms with Gasteiger partial charge in [0.05, 0.1) is 12.1 Å². The Hall–Kier alpha value is -1.43. The normalized spacial score (nSPS) is 17.4. The fourth-order valence-electron chi connectivity index (χ4n) is 3.26. The van der Waals surface area contributed by atoms with Gasteiger partial charge < -0.3 is 9.42 Å². The first-order valence-electron chi connectivity index (χ1n) is 8.89. The average molecular weight is 322 g/mol. The van der Waals surface area contributed by atoms with Gasteiger partial charge in [0, 0.05) is 19.0 Å². The predicted octanol–water partition coefficient (Wildman–Crippen LogP) is 2.85. The second-order valence-corrected chi connectivity index (χ2v) is 6.68. The minimum Gasteiger partial charge on any atom is -0.342 e. The van der Waals surface area contributed by atoms with Gasteiger partial charge in [0.2, 0.25) is 11.8 Å². The molecule has 1 aromatic rings. The van der Waals surface area contributed by atoms with Gasteiger partial charge in [-0.15, -0.1) is 0 Å². The lowest BCUT2D eigenvalue weighted by Gasteiger charge is -2.40. The standard InChI is InChI=1S/C17H30N4O2/c1-5-21(6-2)16(22)17(10-8-7-9-11-17)18-12-14-19-15(13(3)4)23-20-14/h13,18H,5-12H2,1-4H3. The van der Waals surface area contributed by atoms with E-state index in [0.29, 0.717) is 18.3 Å². The first-order valence-corrected chi connectivity index (χ1v) is 8.89. The molecule has 2 rings (SSSR count). The van der Waals surface area contributed by atoms with Crippen molar-refractivity contribution in [3.05, 3.63) is 11.7 Å². The highest BCUT2D eigenvalue weighted by molar-refractivity contribution is 5.86. The van der Waals surface area contributed by atoms with Crippen LogP contribution in [0.1, 0.15) is 77.4 Å². The molecule has 1 amide bonds. The van der Waals surface area contributed by atoms with Gasteiger partial charge in [-0.2, -0.15) is 4.98 Å². The third kappa shape index (κ3) is 4.10. The summed E-state index contributed by atoms with van der Waals surface area (Å²) >= 11 is 0. The van der Waals surface area contributed by atoms with E-state index in [1.54, 1.807) is 0 Å². The monoisotopic (exact) mass is 322 g/mol. The number of hydrogen-bond acceptors (Lipinski definition) is 5. The van der Waals surface area contributed by atoms with E-state index in [1.807, 2.05) is 32.6 Å². The second-order valence-electron chi connectivity index (χ2n) is 6.68. The summed E-state index contributed by atoms with van der Waals surface area (Å²) < 4.78 is 5.25. The molecule has 0 spiro atoms. The molecule has 0 aliphatic heterocycles. The van der Waals surface area contributed by atoms with Crippen LogP contribution in [0.15, 0.2) is 4.52 Å². The van der Waals surface area contributed by atoms with E-state index in [1.165, 1.54) is 6.42 Å². The Morgan fingerprint density at radius 1 is 1.26 bits per heavy atom. The van der Waals surface area contributed by atoms with Gasteiger partial charge in [-0.05, 0) is 26.7 Å². The van der Waals surface area contributed by atoms with Gasteiger partial charge in [0.15, 0.2) is 5.82 Å². The van der Waals surface area contributed by atoms with Gasteiger partial charge in [0.1, 0.15) is 0 Å². The van der Waals surface area contributed by atoms with Crippen molar-refractivity contribution in [2.75, 3.05) is 13.1 Å². The number of hydrogen-bond donors (Lipinski definition) is 1. The Kier molecular flexibility index (Phi) is 6.16. The molecule has 1 aliphatic carbocycles. The van der Waals surface area contributed by atoms with Gasteiger partial charge in [0.25, 0.3) is 0 Å². The number of amides is 1. The molecular weight excluding hydrogens is 292 g/mol. The molecule has 1 saturated carbocycles. The van der Waals surface area contributed by atoms with E-state index in [2.05, 4.69) is 15.5 Å². The first-order chi connectivity index (χ1) is 11.0. The van der Waals surface area contributed by atoms with E-state index < -0.39 is 5.54 Å². The van der Waals surface area contributed by atoms with Crippen LogP contribution in [0.25, 0.3) is 0 Å². The molecule has 1 fully saturated rings. The molecule has 6 heteroatoms. The summed E-state index contributed by atoms with van der Waals surface area (Å²) in [5, 5.41) is 7.50. The zero-order valence-corrected chi connectivity index (χ0v) is 14.9. The number of nitrogens with one attached hydrogen (secondary N) is 1. The number of rotatable bonds is 7. The quantitative estimate of drug-likeness (QED) is 0.836. The minimum atomic E-state index is -0.469. The molecule has 0 aromatic carbocycles. The van der Waals surface area contributed by atoms with E-state index in [-0.39, 0.29) is 11.8 Å². The van der Waals surface area contributed by atoms with Crippen LogP contribution >= 0.6 is 0 Å². The van der Waals surface area contributed by atoms with Crippen LogP contribution < -0.4 is 5.32 Å². The lowest BCUT2D eigenvalue weighted by Crippen LogP contribution is -2.58. The number of aromatic nitrogens is 2. The smallest absolute Gasteiger partial charge is 0.242 e. The maximum Gasteiger partial charge on any atom is 0.242 e. The SMILES string of the molecule is CCN(CC)C(=O)C1(NCc2noc(C(C)C)n2)CCCCC1. The van der Waals surface area contributed by atoms with Crippen molar-refractivity contribution in [2.24, 2.45) is 0 Å². The summed E-state index contributed by atoms with van der Waals surface area (Å²) in [5.41, 5.74) is -0.469. The molecule has 23 heavy (non-hydrogen) atoms. The van der Waals surface area contributed by atoms with Crippen LogP contribution in [0.2, 0.25) is 0 Å². The lowest BCUT2D eigenvalue weighted by atomic mass is 9.80. The van der Waals surface area contributed by atoms with E-state index in [0.717, 1.165) is 38.8 Å². The highest BCUT2D eigenvalue weighted by atomic mass is 16.5. The van der Waals surface area contributed by atoms with Crippen molar-refractivity contribution < 1.29 is 9.32 Å². The number of nitrogens with zero attached hydrogens (tertiary/aromatic N) is 3. The predicted molar refractivity (Wildman–Crippen MR) is 89.0 cm³/mol. The molecule has 0 atom stereocenters. The molecule has 1 aromatic heterocycles. The second kappa shape index (κ2) is 7.90. The summed E-state index contributed by atoms with van der Waals surface area (Å²) in [5.74, 6) is 1.72. The summed E-state index contributed by atoms with van der Waals surface area (Å²) in [6.07, 6.45) is 5.15. The molecule has 0 radical (unpaired) electrons. The summed E-state index contributed by atoms with van der Waals surface area (Å²) in [6.45, 7) is 10.1. The topological polar surface area (TPSA) is 71.3 Å². The van der Waals surface area contributed by atoms with Gasteiger partial charge in [-0.3, -0.25) is 10.1 Å². The minimum absolute atomic E-state index is 0.217. The maximum atomic E-state index is 13.0. The Balaban J connectivity index is 2.10. The molecule has 1 heterocycles. The molecule has 0 saturated heterocycles. The zero-order chi connectivity index (χ0) is 16.9. The number of carbonyl (C=O) groups is 1. The molecule has 0 bridgehead atoms. The third-order valence-corrected chi connectivity index (χ3v) is 4.73. The molecular formula is C17H30N4O2. The molecule has 6 nitrogen and oxygen atoms in total. The van der Waals surface area contributed by atoms with E-state index >= 15 is 0 Å². The Bertz CT molecular complexity index is 502. The molecule has 1 aliphatic rings. The van der Waals surface area contributed by atoms with E-state index in [9.17, 15) is 4.79 Å². The zero-order valence-electron chi connectivity index (χ0n) is 14.9. The Morgan fingerprint density at radius 3 is 2.43 bits per heavy atom. The highest BCUT2D eigenvalue weighted by Crippen LogP contribution is 2.30. The first kappa shape index (κ1) is 17.9. The van der Waals surface area contributed by atoms with Crippen molar-refractivity contribution in [1.82, 2.24) is 20.4 Å². The van der Waals surface area contributed by atoms with Crippen LogP contribution in [0.5, 0.6) is 0 Å². The van der Waals surface area contributed by atoms with Gasteiger partial charge >= 0.3 is 0 Å². The number of likely N-dealkylation sites (N-methyl/N-ethyl adjacent to an activating group) is 1. The molecule has 1 N–H and O–H groups in total. The van der Waals surface area contributed by atoms with Crippen molar-refractivity contribution in [2.45, 2.75) is 77.8 Å². The highest BCUT2D eigenvalue weighted by Gasteiger charge is 2.41. The average Bonchev–Trinajstić information content (AvgIpc) is 3.04. The fraction of sp³-hybridized carbons (Fsp3) is 0.824. The van der Waals surface area contributed by atoms with Crippen LogP contribution in [0.3, 0.4) is 0 Å². The van der Waals surface area contributed by atoms with Crippen molar-refractivity contribution in [3.8, 4) is 0 Å². The van der Waals surface area contributed by atoms with Crippen molar-refractivity contribution in [1.29, 1.82) is 0 Å². The largest absolute Gasteiger partial charge is 0.342 e. The van der Waals surface area contributed by atoms with E-state index in [4.69, 9.17) is 4.52 Å². The van der Waals surface area contributed by atoms with Crippen LogP contribution in [0, 0.1) is 0 Å². The Morgan fingerprint density at radius 2 is 1.91 bits per heavy atom. The maximum absolute atomic E-state index is 13.0. The fourth-order valence-corrected chi connectivity index (χ4v) is 3.26. The Labute approximate surface area is 139 Å². The van der Waals surface area contributed by atoms with Crippen molar-refractivity contribution >= 4 is 5.91 Å². The third-order valence-electron chi connectivity index (χ3n) is 4.73.